The lowest BCUT2D eigenvalue weighted by molar-refractivity contribution is -0.143. The highest BCUT2D eigenvalue weighted by Gasteiger charge is 2.20. The first-order valence-corrected chi connectivity index (χ1v) is 31.4. The van der Waals surface area contributed by atoms with Gasteiger partial charge in [0.2, 0.25) is 5.91 Å². The Balaban J connectivity index is 3.40. The second-order valence-electron chi connectivity index (χ2n) is 21.7. The number of aliphatic hydroxyl groups excluding tert-OH is 2. The zero-order valence-corrected chi connectivity index (χ0v) is 46.8. The van der Waals surface area contributed by atoms with Crippen LogP contribution in [-0.4, -0.2) is 47.4 Å². The minimum absolute atomic E-state index is 0.00138. The van der Waals surface area contributed by atoms with E-state index in [9.17, 15) is 19.8 Å². The molecule has 0 radical (unpaired) electrons. The number of unbranched alkanes of at least 4 members (excludes halogenated alkanes) is 46. The smallest absolute Gasteiger partial charge is 0.305 e. The lowest BCUT2D eigenvalue weighted by Gasteiger charge is -2.22. The molecule has 0 aromatic rings. The second-order valence-corrected chi connectivity index (χ2v) is 21.7. The molecule has 0 fully saturated rings. The first-order valence-electron chi connectivity index (χ1n) is 31.4. The van der Waals surface area contributed by atoms with Crippen molar-refractivity contribution in [1.82, 2.24) is 5.32 Å². The summed E-state index contributed by atoms with van der Waals surface area (Å²) in [6, 6.07) is -0.543. The predicted molar refractivity (Wildman–Crippen MR) is 301 cm³/mol. The molecule has 6 nitrogen and oxygen atoms in total. The van der Waals surface area contributed by atoms with E-state index < -0.39 is 12.1 Å². The van der Waals surface area contributed by atoms with Crippen molar-refractivity contribution in [3.05, 3.63) is 12.2 Å². The number of esters is 1. The van der Waals surface area contributed by atoms with E-state index in [0.717, 1.165) is 44.9 Å². The summed E-state index contributed by atoms with van der Waals surface area (Å²) in [6.45, 7) is 4.95. The molecule has 0 saturated carbocycles. The molecule has 0 aromatic carbocycles. The third-order valence-electron chi connectivity index (χ3n) is 14.8. The van der Waals surface area contributed by atoms with E-state index in [0.29, 0.717) is 25.9 Å². The molecule has 0 aliphatic carbocycles. The van der Waals surface area contributed by atoms with Crippen molar-refractivity contribution in [2.45, 2.75) is 366 Å². The monoisotopic (exact) mass is 974 g/mol. The van der Waals surface area contributed by atoms with Crippen LogP contribution in [0.5, 0.6) is 0 Å². The molecular formula is C63H123NO5. The van der Waals surface area contributed by atoms with Crippen LogP contribution in [-0.2, 0) is 14.3 Å². The second kappa shape index (κ2) is 59.2. The van der Waals surface area contributed by atoms with Gasteiger partial charge in [-0.25, -0.2) is 0 Å². The van der Waals surface area contributed by atoms with Crippen molar-refractivity contribution in [2.75, 3.05) is 13.2 Å². The molecule has 0 saturated heterocycles. The third kappa shape index (κ3) is 55.8. The van der Waals surface area contributed by atoms with Crippen LogP contribution in [0.25, 0.3) is 0 Å². The molecule has 3 N–H and O–H groups in total. The number of ether oxygens (including phenoxy) is 1. The standard InChI is InChI=1S/C63H123NO5/c1-3-5-7-9-11-13-15-17-18-19-20-23-26-29-32-35-39-43-47-51-55-61(66)60(59-65)64-62(67)56-52-48-44-40-36-33-30-27-24-21-22-25-28-31-34-38-42-46-50-54-58-69-63(68)57-53-49-45-41-37-16-14-12-10-8-6-4-2/h12,14,60-61,65-66H,3-11,13,15-59H2,1-2H3,(H,64,67)/b14-12-. The summed E-state index contributed by atoms with van der Waals surface area (Å²) in [5, 5.41) is 23.4. The Morgan fingerprint density at radius 1 is 0.391 bits per heavy atom. The van der Waals surface area contributed by atoms with Gasteiger partial charge < -0.3 is 20.3 Å². The van der Waals surface area contributed by atoms with E-state index in [1.807, 2.05) is 0 Å². The van der Waals surface area contributed by atoms with Crippen LogP contribution in [0.3, 0.4) is 0 Å². The molecule has 0 spiro atoms. The van der Waals surface area contributed by atoms with Crippen molar-refractivity contribution < 1.29 is 24.5 Å². The third-order valence-corrected chi connectivity index (χ3v) is 14.8. The SMILES string of the molecule is CCCCC/C=C\CCCCCCCC(=O)OCCCCCCCCCCCCCCCCCCCCCCC(=O)NC(CO)C(O)CCCCCCCCCCCCCCCCCCCCCC. The van der Waals surface area contributed by atoms with Crippen molar-refractivity contribution >= 4 is 11.9 Å². The highest BCUT2D eigenvalue weighted by Crippen LogP contribution is 2.18. The first-order chi connectivity index (χ1) is 34.0. The molecule has 2 atom stereocenters. The minimum atomic E-state index is -0.666. The zero-order valence-electron chi connectivity index (χ0n) is 46.8. The van der Waals surface area contributed by atoms with Crippen molar-refractivity contribution in [2.24, 2.45) is 0 Å². The average Bonchev–Trinajstić information content (AvgIpc) is 3.35. The van der Waals surface area contributed by atoms with E-state index >= 15 is 0 Å². The molecule has 0 rings (SSSR count). The largest absolute Gasteiger partial charge is 0.466 e. The highest BCUT2D eigenvalue weighted by molar-refractivity contribution is 5.76. The van der Waals surface area contributed by atoms with Crippen LogP contribution < -0.4 is 5.32 Å². The van der Waals surface area contributed by atoms with Gasteiger partial charge in [0.15, 0.2) is 0 Å². The quantitative estimate of drug-likeness (QED) is 0.0321. The van der Waals surface area contributed by atoms with Gasteiger partial charge in [-0.15, -0.1) is 0 Å². The van der Waals surface area contributed by atoms with E-state index in [-0.39, 0.29) is 18.5 Å². The van der Waals surface area contributed by atoms with Gasteiger partial charge in [-0.1, -0.05) is 302 Å². The fourth-order valence-electron chi connectivity index (χ4n) is 9.99. The molecule has 0 aromatic heterocycles. The summed E-state index contributed by atoms with van der Waals surface area (Å²) in [4.78, 5) is 24.5. The van der Waals surface area contributed by atoms with Gasteiger partial charge in [-0.2, -0.15) is 0 Å². The van der Waals surface area contributed by atoms with Crippen molar-refractivity contribution in [3.8, 4) is 0 Å². The number of nitrogens with one attached hydrogen (secondary N) is 1. The number of carbonyl (C=O) groups is 2. The Morgan fingerprint density at radius 2 is 0.681 bits per heavy atom. The molecule has 0 aliphatic rings. The molecule has 69 heavy (non-hydrogen) atoms. The van der Waals surface area contributed by atoms with Gasteiger partial charge >= 0.3 is 5.97 Å². The van der Waals surface area contributed by atoms with Gasteiger partial charge in [-0.3, -0.25) is 9.59 Å². The molecule has 6 heteroatoms. The fourth-order valence-corrected chi connectivity index (χ4v) is 9.99. The van der Waals surface area contributed by atoms with Crippen LogP contribution in [0.1, 0.15) is 354 Å². The Labute approximate surface area is 431 Å². The average molecular weight is 975 g/mol. The van der Waals surface area contributed by atoms with Gasteiger partial charge in [-0.05, 0) is 51.4 Å². The van der Waals surface area contributed by atoms with E-state index in [1.54, 1.807) is 0 Å². The number of rotatable bonds is 59. The van der Waals surface area contributed by atoms with Crippen LogP contribution in [0, 0.1) is 0 Å². The van der Waals surface area contributed by atoms with E-state index in [1.165, 1.54) is 276 Å². The maximum Gasteiger partial charge on any atom is 0.305 e. The summed E-state index contributed by atoms with van der Waals surface area (Å²) in [7, 11) is 0. The van der Waals surface area contributed by atoms with Crippen LogP contribution in [0.15, 0.2) is 12.2 Å². The maximum atomic E-state index is 12.5. The molecule has 410 valence electrons. The zero-order chi connectivity index (χ0) is 50.0. The van der Waals surface area contributed by atoms with E-state index in [2.05, 4.69) is 31.3 Å². The Morgan fingerprint density at radius 3 is 1.06 bits per heavy atom. The lowest BCUT2D eigenvalue weighted by atomic mass is 10.0. The van der Waals surface area contributed by atoms with Crippen molar-refractivity contribution in [3.63, 3.8) is 0 Å². The predicted octanol–water partition coefficient (Wildman–Crippen LogP) is 19.6. The molecular weight excluding hydrogens is 851 g/mol. The Bertz CT molecular complexity index is 1030. The summed E-state index contributed by atoms with van der Waals surface area (Å²) in [5.41, 5.74) is 0. The fraction of sp³-hybridized carbons (Fsp3) is 0.937. The highest BCUT2D eigenvalue weighted by atomic mass is 16.5. The number of aliphatic hydroxyl groups is 2. The van der Waals surface area contributed by atoms with Gasteiger partial charge in [0.05, 0.1) is 25.4 Å². The lowest BCUT2D eigenvalue weighted by Crippen LogP contribution is -2.45. The first kappa shape index (κ1) is 67.6. The number of hydrogen-bond acceptors (Lipinski definition) is 5. The normalized spacial score (nSPS) is 12.6. The summed E-state index contributed by atoms with van der Waals surface area (Å²) in [6.07, 6.45) is 70.8. The Hall–Kier alpha value is -1.40. The number of hydrogen-bond donors (Lipinski definition) is 3. The molecule has 0 bridgehead atoms. The molecule has 0 aliphatic heterocycles. The van der Waals surface area contributed by atoms with Gasteiger partial charge in [0.25, 0.3) is 0 Å². The summed E-state index contributed by atoms with van der Waals surface area (Å²) >= 11 is 0. The summed E-state index contributed by atoms with van der Waals surface area (Å²) in [5.74, 6) is -0.0317. The Kier molecular flexibility index (Phi) is 58.0. The van der Waals surface area contributed by atoms with Gasteiger partial charge in [0, 0.05) is 12.8 Å². The van der Waals surface area contributed by atoms with Crippen LogP contribution >= 0.6 is 0 Å². The molecule has 1 amide bonds. The topological polar surface area (TPSA) is 95.9 Å². The number of carbonyl (C=O) groups excluding carboxylic acids is 2. The van der Waals surface area contributed by atoms with Crippen molar-refractivity contribution in [1.29, 1.82) is 0 Å². The maximum absolute atomic E-state index is 12.5. The minimum Gasteiger partial charge on any atom is -0.466 e. The molecule has 0 heterocycles. The number of amides is 1. The van der Waals surface area contributed by atoms with Gasteiger partial charge in [0.1, 0.15) is 0 Å². The van der Waals surface area contributed by atoms with E-state index in [4.69, 9.17) is 4.74 Å². The van der Waals surface area contributed by atoms with Crippen LogP contribution in [0.2, 0.25) is 0 Å². The number of allylic oxidation sites excluding steroid dienone is 2. The molecule has 2 unspecified atom stereocenters. The summed E-state index contributed by atoms with van der Waals surface area (Å²) < 4.78 is 5.47. The van der Waals surface area contributed by atoms with Crippen LogP contribution in [0.4, 0.5) is 0 Å².